The summed E-state index contributed by atoms with van der Waals surface area (Å²) in [5.74, 6) is 1.08. The van der Waals surface area contributed by atoms with E-state index < -0.39 is 0 Å². The lowest BCUT2D eigenvalue weighted by molar-refractivity contribution is -0.136. The van der Waals surface area contributed by atoms with Crippen molar-refractivity contribution >= 4 is 18.3 Å². The molecule has 1 atom stereocenters. The van der Waals surface area contributed by atoms with Crippen LogP contribution in [0.3, 0.4) is 0 Å². The molecular formula is C13H25ClN2O. The molecular weight excluding hydrogens is 236 g/mol. The molecule has 1 unspecified atom stereocenters. The minimum absolute atomic E-state index is 0. The number of likely N-dealkylation sites (tertiary alicyclic amines) is 1. The van der Waals surface area contributed by atoms with Gasteiger partial charge >= 0.3 is 0 Å². The normalized spacial score (nSPS) is 25.0. The van der Waals surface area contributed by atoms with Gasteiger partial charge in [0.05, 0.1) is 0 Å². The van der Waals surface area contributed by atoms with E-state index in [1.165, 1.54) is 32.1 Å². The predicted octanol–water partition coefficient (Wildman–Crippen LogP) is 2.33. The number of halogens is 1. The lowest BCUT2D eigenvalue weighted by Gasteiger charge is -2.37. The van der Waals surface area contributed by atoms with Crippen LogP contribution >= 0.6 is 12.4 Å². The highest BCUT2D eigenvalue weighted by Crippen LogP contribution is 2.31. The number of carbonyl (C=O) groups is 1. The van der Waals surface area contributed by atoms with Crippen LogP contribution in [-0.4, -0.2) is 29.9 Å². The third kappa shape index (κ3) is 3.85. The second-order valence-electron chi connectivity index (χ2n) is 5.32. The Bertz CT molecular complexity index is 242. The first-order valence-corrected chi connectivity index (χ1v) is 6.81. The summed E-state index contributed by atoms with van der Waals surface area (Å²) in [6.07, 6.45) is 9.23. The summed E-state index contributed by atoms with van der Waals surface area (Å²) >= 11 is 0. The van der Waals surface area contributed by atoms with Gasteiger partial charge in [-0.25, -0.2) is 0 Å². The Morgan fingerprint density at radius 1 is 1.18 bits per heavy atom. The van der Waals surface area contributed by atoms with Gasteiger partial charge in [0.25, 0.3) is 0 Å². The Hall–Kier alpha value is -0.280. The number of hydrogen-bond donors (Lipinski definition) is 1. The molecule has 0 aromatic heterocycles. The molecule has 4 heteroatoms. The van der Waals surface area contributed by atoms with Crippen molar-refractivity contribution in [2.45, 2.75) is 57.4 Å². The maximum absolute atomic E-state index is 12.2. The molecule has 100 valence electrons. The number of amides is 1. The monoisotopic (exact) mass is 260 g/mol. The molecule has 17 heavy (non-hydrogen) atoms. The van der Waals surface area contributed by atoms with Gasteiger partial charge in [-0.05, 0) is 51.0 Å². The first kappa shape index (κ1) is 14.8. The van der Waals surface area contributed by atoms with Gasteiger partial charge in [-0.1, -0.05) is 6.42 Å². The molecule has 1 amide bonds. The second kappa shape index (κ2) is 7.22. The van der Waals surface area contributed by atoms with E-state index in [4.69, 9.17) is 5.73 Å². The Labute approximate surface area is 111 Å². The molecule has 1 saturated heterocycles. The maximum Gasteiger partial charge on any atom is 0.223 e. The molecule has 1 aliphatic carbocycles. The van der Waals surface area contributed by atoms with Crippen molar-refractivity contribution in [2.75, 3.05) is 13.1 Å². The van der Waals surface area contributed by atoms with Gasteiger partial charge in [0.2, 0.25) is 5.91 Å². The zero-order valence-electron chi connectivity index (χ0n) is 10.6. The quantitative estimate of drug-likeness (QED) is 0.843. The van der Waals surface area contributed by atoms with Gasteiger partial charge in [0.15, 0.2) is 0 Å². The Morgan fingerprint density at radius 2 is 1.94 bits per heavy atom. The van der Waals surface area contributed by atoms with Crippen molar-refractivity contribution < 1.29 is 4.79 Å². The molecule has 2 fully saturated rings. The molecule has 0 bridgehead atoms. The summed E-state index contributed by atoms with van der Waals surface area (Å²) in [5, 5.41) is 0. The zero-order valence-corrected chi connectivity index (χ0v) is 11.4. The molecule has 1 heterocycles. The predicted molar refractivity (Wildman–Crippen MR) is 72.2 cm³/mol. The van der Waals surface area contributed by atoms with E-state index in [0.717, 1.165) is 25.8 Å². The largest absolute Gasteiger partial charge is 0.340 e. The summed E-state index contributed by atoms with van der Waals surface area (Å²) in [6, 6.07) is 0.436. The van der Waals surface area contributed by atoms with Gasteiger partial charge < -0.3 is 10.6 Å². The highest BCUT2D eigenvalue weighted by molar-refractivity contribution is 5.85. The summed E-state index contributed by atoms with van der Waals surface area (Å²) < 4.78 is 0. The fourth-order valence-corrected chi connectivity index (χ4v) is 2.88. The average molecular weight is 261 g/mol. The number of hydrogen-bond acceptors (Lipinski definition) is 2. The minimum Gasteiger partial charge on any atom is -0.340 e. The summed E-state index contributed by atoms with van der Waals surface area (Å²) in [6.45, 7) is 1.67. The van der Waals surface area contributed by atoms with Gasteiger partial charge in [0.1, 0.15) is 0 Å². The number of rotatable bonds is 4. The van der Waals surface area contributed by atoms with Crippen LogP contribution in [0.1, 0.15) is 51.4 Å². The van der Waals surface area contributed by atoms with Crippen molar-refractivity contribution in [1.29, 1.82) is 0 Å². The number of nitrogens with two attached hydrogens (primary N) is 1. The first-order chi connectivity index (χ1) is 7.81. The lowest BCUT2D eigenvalue weighted by Crippen LogP contribution is -2.45. The van der Waals surface area contributed by atoms with Crippen LogP contribution in [0.15, 0.2) is 0 Å². The molecule has 0 aromatic rings. The van der Waals surface area contributed by atoms with Crippen LogP contribution in [-0.2, 0) is 4.79 Å². The van der Waals surface area contributed by atoms with E-state index in [2.05, 4.69) is 4.90 Å². The minimum atomic E-state index is 0. The van der Waals surface area contributed by atoms with E-state index >= 15 is 0 Å². The van der Waals surface area contributed by atoms with Crippen molar-refractivity contribution in [2.24, 2.45) is 11.7 Å². The number of carbonyl (C=O) groups excluding carboxylic acids is 1. The van der Waals surface area contributed by atoms with Crippen LogP contribution in [0.2, 0.25) is 0 Å². The van der Waals surface area contributed by atoms with E-state index in [1.54, 1.807) is 0 Å². The molecule has 2 rings (SSSR count). The van der Waals surface area contributed by atoms with E-state index in [9.17, 15) is 4.79 Å². The van der Waals surface area contributed by atoms with E-state index in [-0.39, 0.29) is 12.4 Å². The van der Waals surface area contributed by atoms with Gasteiger partial charge in [-0.2, -0.15) is 0 Å². The summed E-state index contributed by atoms with van der Waals surface area (Å²) in [7, 11) is 0. The maximum atomic E-state index is 12.2. The molecule has 2 N–H and O–H groups in total. The van der Waals surface area contributed by atoms with Crippen molar-refractivity contribution in [1.82, 2.24) is 4.90 Å². The van der Waals surface area contributed by atoms with E-state index in [0.29, 0.717) is 24.4 Å². The number of nitrogens with zero attached hydrogens (tertiary/aromatic N) is 1. The SMILES string of the molecule is Cl.NCCC1CCCCN1C(=O)CC1CCC1. The Kier molecular flexibility index (Phi) is 6.28. The second-order valence-corrected chi connectivity index (χ2v) is 5.32. The lowest BCUT2D eigenvalue weighted by atomic mass is 9.82. The van der Waals surface area contributed by atoms with Crippen LogP contribution in [0, 0.1) is 5.92 Å². The van der Waals surface area contributed by atoms with E-state index in [1.807, 2.05) is 0 Å². The highest BCUT2D eigenvalue weighted by atomic mass is 35.5. The van der Waals surface area contributed by atoms with Crippen molar-refractivity contribution in [3.05, 3.63) is 0 Å². The topological polar surface area (TPSA) is 46.3 Å². The standard InChI is InChI=1S/C13H24N2O.ClH/c14-8-7-12-6-1-2-9-15(12)13(16)10-11-4-3-5-11;/h11-12H,1-10,14H2;1H. The molecule has 3 nitrogen and oxygen atoms in total. The average Bonchev–Trinajstić information content (AvgIpc) is 2.24. The fraction of sp³-hybridized carbons (Fsp3) is 0.923. The molecule has 0 spiro atoms. The van der Waals surface area contributed by atoms with Gasteiger partial charge in [0, 0.05) is 19.0 Å². The van der Waals surface area contributed by atoms with Gasteiger partial charge in [-0.15, -0.1) is 12.4 Å². The van der Waals surface area contributed by atoms with Crippen LogP contribution in [0.5, 0.6) is 0 Å². The molecule has 1 saturated carbocycles. The summed E-state index contributed by atoms with van der Waals surface area (Å²) in [4.78, 5) is 14.3. The smallest absolute Gasteiger partial charge is 0.223 e. The molecule has 2 aliphatic rings. The zero-order chi connectivity index (χ0) is 11.4. The fourth-order valence-electron chi connectivity index (χ4n) is 2.88. The van der Waals surface area contributed by atoms with Crippen LogP contribution in [0.25, 0.3) is 0 Å². The van der Waals surface area contributed by atoms with Crippen LogP contribution < -0.4 is 5.73 Å². The summed E-state index contributed by atoms with van der Waals surface area (Å²) in [5.41, 5.74) is 5.62. The molecule has 1 aliphatic heterocycles. The van der Waals surface area contributed by atoms with Crippen molar-refractivity contribution in [3.8, 4) is 0 Å². The van der Waals surface area contributed by atoms with Gasteiger partial charge in [-0.3, -0.25) is 4.79 Å². The molecule has 0 radical (unpaired) electrons. The third-order valence-electron chi connectivity index (χ3n) is 4.14. The van der Waals surface area contributed by atoms with Crippen molar-refractivity contribution in [3.63, 3.8) is 0 Å². The van der Waals surface area contributed by atoms with Crippen LogP contribution in [0.4, 0.5) is 0 Å². The Morgan fingerprint density at radius 3 is 2.53 bits per heavy atom. The highest BCUT2D eigenvalue weighted by Gasteiger charge is 2.29. The molecule has 0 aromatic carbocycles. The first-order valence-electron chi connectivity index (χ1n) is 6.81. The Balaban J connectivity index is 0.00000144. The third-order valence-corrected chi connectivity index (χ3v) is 4.14. The number of piperidine rings is 1.